The molecule has 66 valence electrons. The summed E-state index contributed by atoms with van der Waals surface area (Å²) in [4.78, 5) is 0. The zero-order valence-corrected chi connectivity index (χ0v) is 7.14. The van der Waals surface area contributed by atoms with Crippen LogP contribution in [0.4, 0.5) is 0 Å². The van der Waals surface area contributed by atoms with Crippen LogP contribution in [0.25, 0.3) is 0 Å². The average molecular weight is 158 g/mol. The topological polar surface area (TPSA) is 44.3 Å². The van der Waals surface area contributed by atoms with E-state index < -0.39 is 0 Å². The molecule has 3 heteroatoms. The van der Waals surface area contributed by atoms with Gasteiger partial charge in [0.2, 0.25) is 0 Å². The third kappa shape index (κ3) is 2.77. The third-order valence-electron chi connectivity index (χ3n) is 2.29. The van der Waals surface area contributed by atoms with E-state index >= 15 is 0 Å². The normalized spacial score (nSPS) is 28.4. The Morgan fingerprint density at radius 2 is 2.55 bits per heavy atom. The lowest BCUT2D eigenvalue weighted by Gasteiger charge is -2.27. The molecule has 0 aliphatic carbocycles. The minimum Gasteiger partial charge on any atom is -0.391 e. The van der Waals surface area contributed by atoms with Gasteiger partial charge in [-0.1, -0.05) is 0 Å². The van der Waals surface area contributed by atoms with E-state index in [4.69, 9.17) is 0 Å². The van der Waals surface area contributed by atoms with E-state index in [0.717, 1.165) is 19.5 Å². The van der Waals surface area contributed by atoms with Gasteiger partial charge in [-0.2, -0.15) is 0 Å². The van der Waals surface area contributed by atoms with Gasteiger partial charge < -0.3 is 15.7 Å². The summed E-state index contributed by atoms with van der Waals surface area (Å²) in [5.74, 6) is 0.455. The van der Waals surface area contributed by atoms with E-state index in [0.29, 0.717) is 12.5 Å². The molecule has 2 unspecified atom stereocenters. The van der Waals surface area contributed by atoms with Crippen LogP contribution < -0.4 is 10.6 Å². The van der Waals surface area contributed by atoms with Crippen molar-refractivity contribution < 1.29 is 5.11 Å². The van der Waals surface area contributed by atoms with Gasteiger partial charge in [0.15, 0.2) is 0 Å². The molecule has 1 rings (SSSR count). The monoisotopic (exact) mass is 158 g/mol. The van der Waals surface area contributed by atoms with Crippen LogP contribution in [-0.4, -0.2) is 37.9 Å². The molecule has 1 fully saturated rings. The molecule has 0 amide bonds. The van der Waals surface area contributed by atoms with Crippen LogP contribution in [0, 0.1) is 5.92 Å². The van der Waals surface area contributed by atoms with Gasteiger partial charge in [0.1, 0.15) is 0 Å². The first kappa shape index (κ1) is 8.97. The molecular formula is C8H18N2O. The summed E-state index contributed by atoms with van der Waals surface area (Å²) in [5.41, 5.74) is 0. The minimum atomic E-state index is -0.173. The highest BCUT2D eigenvalue weighted by atomic mass is 16.3. The fourth-order valence-electron chi connectivity index (χ4n) is 1.58. The molecule has 0 saturated carbocycles. The van der Waals surface area contributed by atoms with Crippen LogP contribution >= 0.6 is 0 Å². The molecule has 1 heterocycles. The van der Waals surface area contributed by atoms with E-state index in [9.17, 15) is 5.11 Å². The van der Waals surface area contributed by atoms with Gasteiger partial charge in [-0.25, -0.2) is 0 Å². The van der Waals surface area contributed by atoms with Crippen molar-refractivity contribution in [2.45, 2.75) is 18.9 Å². The maximum Gasteiger partial charge on any atom is 0.0704 e. The van der Waals surface area contributed by atoms with Crippen LogP contribution in [0.2, 0.25) is 0 Å². The number of hydrogen-bond donors (Lipinski definition) is 3. The fourth-order valence-corrected chi connectivity index (χ4v) is 1.58. The Bertz CT molecular complexity index is 102. The van der Waals surface area contributed by atoms with Gasteiger partial charge in [0.25, 0.3) is 0 Å². The predicted octanol–water partition coefficient (Wildman–Crippen LogP) is -0.434. The molecule has 2 atom stereocenters. The summed E-state index contributed by atoms with van der Waals surface area (Å²) >= 11 is 0. The second-order valence-electron chi connectivity index (χ2n) is 3.23. The van der Waals surface area contributed by atoms with Gasteiger partial charge in [-0.15, -0.1) is 0 Å². The summed E-state index contributed by atoms with van der Waals surface area (Å²) < 4.78 is 0. The Morgan fingerprint density at radius 1 is 1.73 bits per heavy atom. The molecular weight excluding hydrogens is 140 g/mol. The van der Waals surface area contributed by atoms with E-state index in [1.165, 1.54) is 6.42 Å². The van der Waals surface area contributed by atoms with Crippen LogP contribution in [0.1, 0.15) is 12.8 Å². The Kier molecular flexibility index (Phi) is 3.83. The summed E-state index contributed by atoms with van der Waals surface area (Å²) in [5, 5.41) is 15.8. The molecule has 3 N–H and O–H groups in total. The van der Waals surface area contributed by atoms with Crippen molar-refractivity contribution in [1.82, 2.24) is 10.6 Å². The largest absolute Gasteiger partial charge is 0.391 e. The first-order valence-corrected chi connectivity index (χ1v) is 4.38. The fraction of sp³-hybridized carbons (Fsp3) is 1.00. The number of nitrogens with one attached hydrogen (secondary N) is 2. The molecule has 1 aliphatic heterocycles. The minimum absolute atomic E-state index is 0.173. The van der Waals surface area contributed by atoms with E-state index in [2.05, 4.69) is 10.6 Å². The summed E-state index contributed by atoms with van der Waals surface area (Å²) in [6, 6.07) is 0. The van der Waals surface area contributed by atoms with Crippen molar-refractivity contribution in [3.05, 3.63) is 0 Å². The molecule has 0 aromatic heterocycles. The summed E-state index contributed by atoms with van der Waals surface area (Å²) in [6.07, 6.45) is 2.19. The number of piperidine rings is 1. The van der Waals surface area contributed by atoms with E-state index in [1.54, 1.807) is 0 Å². The lowest BCUT2D eigenvalue weighted by Crippen LogP contribution is -2.40. The summed E-state index contributed by atoms with van der Waals surface area (Å²) in [7, 11) is 1.87. The Hall–Kier alpha value is -0.120. The van der Waals surface area contributed by atoms with Crippen molar-refractivity contribution in [1.29, 1.82) is 0 Å². The number of aliphatic hydroxyl groups is 1. The zero-order valence-electron chi connectivity index (χ0n) is 7.14. The van der Waals surface area contributed by atoms with Crippen LogP contribution in [0.3, 0.4) is 0 Å². The van der Waals surface area contributed by atoms with Crippen molar-refractivity contribution in [3.63, 3.8) is 0 Å². The van der Waals surface area contributed by atoms with Crippen LogP contribution in [-0.2, 0) is 0 Å². The number of aliphatic hydroxyl groups excluding tert-OH is 1. The molecule has 0 spiro atoms. The number of rotatable bonds is 3. The van der Waals surface area contributed by atoms with Gasteiger partial charge >= 0.3 is 0 Å². The first-order valence-electron chi connectivity index (χ1n) is 4.38. The molecule has 1 aliphatic rings. The lowest BCUT2D eigenvalue weighted by atomic mass is 9.94. The molecule has 0 aromatic carbocycles. The second kappa shape index (κ2) is 4.70. The highest BCUT2D eigenvalue weighted by molar-refractivity contribution is 4.76. The van der Waals surface area contributed by atoms with Gasteiger partial charge in [0, 0.05) is 13.1 Å². The smallest absolute Gasteiger partial charge is 0.0704 e. The third-order valence-corrected chi connectivity index (χ3v) is 2.29. The lowest BCUT2D eigenvalue weighted by molar-refractivity contribution is 0.0929. The standard InChI is InChI=1S/C8H18N2O/c1-9-6-8(11)7-3-2-4-10-5-7/h7-11H,2-6H2,1H3. The second-order valence-corrected chi connectivity index (χ2v) is 3.23. The SMILES string of the molecule is CNCC(O)C1CCCNC1. The average Bonchev–Trinajstić information content (AvgIpc) is 2.07. The van der Waals surface area contributed by atoms with Gasteiger partial charge in [-0.3, -0.25) is 0 Å². The zero-order chi connectivity index (χ0) is 8.10. The molecule has 0 radical (unpaired) electrons. The predicted molar refractivity (Wildman–Crippen MR) is 45.5 cm³/mol. The first-order chi connectivity index (χ1) is 5.34. The molecule has 1 saturated heterocycles. The molecule has 11 heavy (non-hydrogen) atoms. The Labute approximate surface area is 68.2 Å². The van der Waals surface area contributed by atoms with Crippen molar-refractivity contribution >= 4 is 0 Å². The molecule has 0 aromatic rings. The van der Waals surface area contributed by atoms with E-state index in [-0.39, 0.29) is 6.10 Å². The van der Waals surface area contributed by atoms with Gasteiger partial charge in [0.05, 0.1) is 6.10 Å². The maximum atomic E-state index is 9.57. The molecule has 3 nitrogen and oxygen atoms in total. The van der Waals surface area contributed by atoms with Crippen molar-refractivity contribution in [3.8, 4) is 0 Å². The highest BCUT2D eigenvalue weighted by Gasteiger charge is 2.20. The maximum absolute atomic E-state index is 9.57. The Morgan fingerprint density at radius 3 is 3.09 bits per heavy atom. The number of likely N-dealkylation sites (N-methyl/N-ethyl adjacent to an activating group) is 1. The Balaban J connectivity index is 2.21. The number of hydrogen-bond acceptors (Lipinski definition) is 3. The summed E-state index contributed by atoms with van der Waals surface area (Å²) in [6.45, 7) is 2.80. The van der Waals surface area contributed by atoms with E-state index in [1.807, 2.05) is 7.05 Å². The van der Waals surface area contributed by atoms with Crippen LogP contribution in [0.5, 0.6) is 0 Å². The van der Waals surface area contributed by atoms with Crippen molar-refractivity contribution in [2.75, 3.05) is 26.7 Å². The van der Waals surface area contributed by atoms with Crippen molar-refractivity contribution in [2.24, 2.45) is 5.92 Å². The van der Waals surface area contributed by atoms with Gasteiger partial charge in [-0.05, 0) is 32.4 Å². The van der Waals surface area contributed by atoms with Crippen LogP contribution in [0.15, 0.2) is 0 Å². The molecule has 0 bridgehead atoms. The highest BCUT2D eigenvalue weighted by Crippen LogP contribution is 2.13. The quantitative estimate of drug-likeness (QED) is 0.522.